The number of nitrogens with one attached hydrogen (secondary N) is 1. The van der Waals surface area contributed by atoms with Crippen molar-refractivity contribution in [2.24, 2.45) is 0 Å². The number of benzene rings is 2. The Kier molecular flexibility index (Phi) is 4.67. The second-order valence-electron chi connectivity index (χ2n) is 4.54. The first-order chi connectivity index (χ1) is 10.2. The zero-order valence-corrected chi connectivity index (χ0v) is 12.6. The topological polar surface area (TPSA) is 46.2 Å². The van der Waals surface area contributed by atoms with Gasteiger partial charge in [0.1, 0.15) is 0 Å². The molecule has 0 amide bonds. The fraction of sp³-hybridized carbons (Fsp3) is 0.143. The van der Waals surface area contributed by atoms with Gasteiger partial charge in [-0.25, -0.2) is 8.42 Å². The molecule has 0 saturated heterocycles. The van der Waals surface area contributed by atoms with Crippen LogP contribution in [0.4, 0.5) is 18.9 Å². The van der Waals surface area contributed by atoms with Crippen LogP contribution in [-0.4, -0.2) is 8.42 Å². The summed E-state index contributed by atoms with van der Waals surface area (Å²) in [5, 5.41) is -0.107. The van der Waals surface area contributed by atoms with Gasteiger partial charge in [-0.05, 0) is 23.8 Å². The molecule has 22 heavy (non-hydrogen) atoms. The maximum atomic E-state index is 12.7. The lowest BCUT2D eigenvalue weighted by atomic mass is 10.2. The van der Waals surface area contributed by atoms with E-state index < -0.39 is 21.8 Å². The summed E-state index contributed by atoms with van der Waals surface area (Å²) in [6.07, 6.45) is -4.58. The number of anilines is 1. The van der Waals surface area contributed by atoms with Crippen LogP contribution < -0.4 is 4.72 Å². The molecule has 118 valence electrons. The first kappa shape index (κ1) is 16.6. The Balaban J connectivity index is 2.26. The van der Waals surface area contributed by atoms with E-state index in [4.69, 9.17) is 11.6 Å². The van der Waals surface area contributed by atoms with Gasteiger partial charge in [0.05, 0.1) is 22.0 Å². The Morgan fingerprint density at radius 1 is 1.05 bits per heavy atom. The molecule has 3 nitrogen and oxygen atoms in total. The number of sulfonamides is 1. The molecule has 0 atom stereocenters. The molecule has 2 rings (SSSR count). The summed E-state index contributed by atoms with van der Waals surface area (Å²) in [6.45, 7) is 0. The van der Waals surface area contributed by atoms with E-state index in [0.717, 1.165) is 12.1 Å². The van der Waals surface area contributed by atoms with Crippen molar-refractivity contribution in [1.82, 2.24) is 0 Å². The fourth-order valence-corrected chi connectivity index (χ4v) is 3.21. The van der Waals surface area contributed by atoms with Crippen molar-refractivity contribution in [1.29, 1.82) is 0 Å². The van der Waals surface area contributed by atoms with Crippen LogP contribution in [0.1, 0.15) is 11.1 Å². The highest BCUT2D eigenvalue weighted by molar-refractivity contribution is 7.91. The Hall–Kier alpha value is -1.73. The van der Waals surface area contributed by atoms with E-state index in [1.54, 1.807) is 30.3 Å². The van der Waals surface area contributed by atoms with Gasteiger partial charge >= 0.3 is 6.18 Å². The molecular weight excluding hydrogens is 339 g/mol. The summed E-state index contributed by atoms with van der Waals surface area (Å²) in [4.78, 5) is 0. The average molecular weight is 350 g/mol. The number of rotatable bonds is 4. The Morgan fingerprint density at radius 3 is 2.27 bits per heavy atom. The Labute approximate surface area is 130 Å². The molecule has 0 aliphatic rings. The van der Waals surface area contributed by atoms with Crippen LogP contribution in [0.25, 0.3) is 0 Å². The molecule has 2 aromatic carbocycles. The van der Waals surface area contributed by atoms with Gasteiger partial charge in [0, 0.05) is 0 Å². The number of hydrogen-bond donors (Lipinski definition) is 1. The van der Waals surface area contributed by atoms with Crippen molar-refractivity contribution in [3.63, 3.8) is 0 Å². The SMILES string of the molecule is O=S(=O)(Cc1ccccc1)Nc1cc(C(F)(F)F)ccc1Cl. The van der Waals surface area contributed by atoms with E-state index in [1.165, 1.54) is 0 Å². The molecule has 0 unspecified atom stereocenters. The van der Waals surface area contributed by atoms with Crippen molar-refractivity contribution in [3.05, 3.63) is 64.7 Å². The monoisotopic (exact) mass is 349 g/mol. The lowest BCUT2D eigenvalue weighted by Crippen LogP contribution is -2.16. The van der Waals surface area contributed by atoms with Crippen LogP contribution in [0.3, 0.4) is 0 Å². The maximum Gasteiger partial charge on any atom is 0.416 e. The smallest absolute Gasteiger partial charge is 0.282 e. The maximum absolute atomic E-state index is 12.7. The minimum atomic E-state index is -4.58. The zero-order valence-electron chi connectivity index (χ0n) is 11.1. The van der Waals surface area contributed by atoms with Crippen molar-refractivity contribution in [2.45, 2.75) is 11.9 Å². The largest absolute Gasteiger partial charge is 0.416 e. The predicted molar refractivity (Wildman–Crippen MR) is 79.1 cm³/mol. The van der Waals surface area contributed by atoms with E-state index >= 15 is 0 Å². The molecule has 8 heteroatoms. The quantitative estimate of drug-likeness (QED) is 0.894. The summed E-state index contributed by atoms with van der Waals surface area (Å²) >= 11 is 5.76. The summed E-state index contributed by atoms with van der Waals surface area (Å²) in [5.41, 5.74) is -0.764. The average Bonchev–Trinajstić information content (AvgIpc) is 2.40. The van der Waals surface area contributed by atoms with Gasteiger partial charge in [-0.15, -0.1) is 0 Å². The summed E-state index contributed by atoms with van der Waals surface area (Å²) in [5.74, 6) is -0.361. The third-order valence-electron chi connectivity index (χ3n) is 2.76. The van der Waals surface area contributed by atoms with Crippen molar-refractivity contribution in [2.75, 3.05) is 4.72 Å². The fourth-order valence-electron chi connectivity index (χ4n) is 1.78. The molecule has 2 aromatic rings. The van der Waals surface area contributed by atoms with Crippen LogP contribution in [0.15, 0.2) is 48.5 Å². The molecule has 0 aliphatic carbocycles. The molecule has 0 aliphatic heterocycles. The third-order valence-corrected chi connectivity index (χ3v) is 4.33. The molecule has 0 bridgehead atoms. The third kappa shape index (κ3) is 4.38. The minimum Gasteiger partial charge on any atom is -0.282 e. The van der Waals surface area contributed by atoms with Crippen molar-refractivity contribution < 1.29 is 21.6 Å². The lowest BCUT2D eigenvalue weighted by molar-refractivity contribution is -0.137. The van der Waals surface area contributed by atoms with Gasteiger partial charge in [0.25, 0.3) is 0 Å². The van der Waals surface area contributed by atoms with Gasteiger partial charge in [-0.3, -0.25) is 4.72 Å². The van der Waals surface area contributed by atoms with Gasteiger partial charge in [0.15, 0.2) is 0 Å². The predicted octanol–water partition coefficient (Wildman–Crippen LogP) is 4.30. The first-order valence-corrected chi connectivity index (χ1v) is 8.11. The zero-order chi connectivity index (χ0) is 16.4. The first-order valence-electron chi connectivity index (χ1n) is 6.08. The van der Waals surface area contributed by atoms with Gasteiger partial charge in [-0.1, -0.05) is 41.9 Å². The standard InChI is InChI=1S/C14H11ClF3NO2S/c15-12-7-6-11(14(16,17)18)8-13(12)19-22(20,21)9-10-4-2-1-3-5-10/h1-8,19H,9H2. The molecule has 1 N–H and O–H groups in total. The van der Waals surface area contributed by atoms with E-state index in [2.05, 4.69) is 4.72 Å². The van der Waals surface area contributed by atoms with Gasteiger partial charge in [-0.2, -0.15) is 13.2 Å². The molecule has 0 spiro atoms. The second kappa shape index (κ2) is 6.18. The summed E-state index contributed by atoms with van der Waals surface area (Å²) in [7, 11) is -3.87. The molecule has 0 radical (unpaired) electrons. The summed E-state index contributed by atoms with van der Waals surface area (Å²) < 4.78 is 64.1. The van der Waals surface area contributed by atoms with Crippen LogP contribution in [0.5, 0.6) is 0 Å². The van der Waals surface area contributed by atoms with Crippen LogP contribution in [0.2, 0.25) is 5.02 Å². The Morgan fingerprint density at radius 2 is 1.68 bits per heavy atom. The van der Waals surface area contributed by atoms with E-state index in [9.17, 15) is 21.6 Å². The van der Waals surface area contributed by atoms with E-state index in [-0.39, 0.29) is 16.5 Å². The number of alkyl halides is 3. The Bertz CT molecular complexity index is 761. The molecule has 0 fully saturated rings. The molecule has 0 aromatic heterocycles. The molecule has 0 saturated carbocycles. The van der Waals surface area contributed by atoms with Crippen molar-refractivity contribution >= 4 is 27.3 Å². The highest BCUT2D eigenvalue weighted by atomic mass is 35.5. The van der Waals surface area contributed by atoms with Gasteiger partial charge in [0.2, 0.25) is 10.0 Å². The van der Waals surface area contributed by atoms with Crippen LogP contribution in [-0.2, 0) is 22.0 Å². The normalized spacial score (nSPS) is 12.2. The van der Waals surface area contributed by atoms with Crippen molar-refractivity contribution in [3.8, 4) is 0 Å². The van der Waals surface area contributed by atoms with E-state index in [1.807, 2.05) is 0 Å². The lowest BCUT2D eigenvalue weighted by Gasteiger charge is -2.13. The highest BCUT2D eigenvalue weighted by Gasteiger charge is 2.31. The number of halogens is 4. The summed E-state index contributed by atoms with van der Waals surface area (Å²) in [6, 6.07) is 10.7. The van der Waals surface area contributed by atoms with Crippen LogP contribution in [0, 0.1) is 0 Å². The van der Waals surface area contributed by atoms with Crippen LogP contribution >= 0.6 is 11.6 Å². The minimum absolute atomic E-state index is 0.107. The molecular formula is C14H11ClF3NO2S. The second-order valence-corrected chi connectivity index (χ2v) is 6.67. The van der Waals surface area contributed by atoms with Gasteiger partial charge < -0.3 is 0 Å². The molecule has 0 heterocycles. The number of hydrogen-bond acceptors (Lipinski definition) is 2. The van der Waals surface area contributed by atoms with E-state index in [0.29, 0.717) is 11.6 Å². The highest BCUT2D eigenvalue weighted by Crippen LogP contribution is 2.34.